The molecule has 3 aromatic rings. The molecular formula is C17H14N2O. The first kappa shape index (κ1) is 12.4. The van der Waals surface area contributed by atoms with E-state index in [-0.39, 0.29) is 0 Å². The van der Waals surface area contributed by atoms with E-state index >= 15 is 0 Å². The smallest absolute Gasteiger partial charge is 0.150 e. The summed E-state index contributed by atoms with van der Waals surface area (Å²) in [5.41, 5.74) is 3.75. The van der Waals surface area contributed by atoms with Crippen molar-refractivity contribution in [1.82, 2.24) is 9.55 Å². The van der Waals surface area contributed by atoms with Gasteiger partial charge in [0, 0.05) is 12.6 Å². The average molecular weight is 262 g/mol. The van der Waals surface area contributed by atoms with E-state index in [0.717, 1.165) is 28.7 Å². The Morgan fingerprint density at radius 2 is 1.80 bits per heavy atom. The van der Waals surface area contributed by atoms with Crippen LogP contribution in [0.2, 0.25) is 0 Å². The maximum Gasteiger partial charge on any atom is 0.150 e. The number of fused-ring (bicyclic) bond motifs is 1. The van der Waals surface area contributed by atoms with Crippen molar-refractivity contribution in [2.24, 2.45) is 7.05 Å². The van der Waals surface area contributed by atoms with Crippen molar-refractivity contribution < 1.29 is 4.79 Å². The summed E-state index contributed by atoms with van der Waals surface area (Å²) in [5, 5.41) is 0. The fourth-order valence-corrected chi connectivity index (χ4v) is 2.22. The van der Waals surface area contributed by atoms with Crippen LogP contribution in [0.3, 0.4) is 0 Å². The SMILES string of the molecule is Cn1c(/C=C/c2cccc(C=O)c2)nc2ccccc21. The number of carbonyl (C=O) groups excluding carboxylic acids is 1. The van der Waals surface area contributed by atoms with Crippen LogP contribution >= 0.6 is 0 Å². The van der Waals surface area contributed by atoms with E-state index in [9.17, 15) is 4.79 Å². The zero-order valence-corrected chi connectivity index (χ0v) is 11.2. The van der Waals surface area contributed by atoms with Crippen LogP contribution in [0.1, 0.15) is 21.7 Å². The molecule has 0 amide bonds. The van der Waals surface area contributed by atoms with Gasteiger partial charge in [-0.1, -0.05) is 36.4 Å². The second kappa shape index (κ2) is 5.13. The van der Waals surface area contributed by atoms with E-state index < -0.39 is 0 Å². The highest BCUT2D eigenvalue weighted by atomic mass is 16.1. The summed E-state index contributed by atoms with van der Waals surface area (Å²) in [4.78, 5) is 15.3. The van der Waals surface area contributed by atoms with Gasteiger partial charge >= 0.3 is 0 Å². The number of hydrogen-bond donors (Lipinski definition) is 0. The van der Waals surface area contributed by atoms with Crippen molar-refractivity contribution in [3.8, 4) is 0 Å². The van der Waals surface area contributed by atoms with Crippen LogP contribution in [0.25, 0.3) is 23.2 Å². The number of carbonyl (C=O) groups is 1. The summed E-state index contributed by atoms with van der Waals surface area (Å²) in [6.07, 6.45) is 4.78. The molecule has 0 aliphatic carbocycles. The monoisotopic (exact) mass is 262 g/mol. The zero-order valence-electron chi connectivity index (χ0n) is 11.2. The molecular weight excluding hydrogens is 248 g/mol. The number of rotatable bonds is 3. The van der Waals surface area contributed by atoms with Crippen molar-refractivity contribution in [2.45, 2.75) is 0 Å². The molecule has 3 heteroatoms. The number of nitrogens with zero attached hydrogens (tertiary/aromatic N) is 2. The summed E-state index contributed by atoms with van der Waals surface area (Å²) >= 11 is 0. The highest BCUT2D eigenvalue weighted by Crippen LogP contribution is 2.16. The van der Waals surface area contributed by atoms with Gasteiger partial charge in [-0.25, -0.2) is 4.98 Å². The Labute approximate surface area is 117 Å². The molecule has 0 saturated carbocycles. The normalized spacial score (nSPS) is 11.2. The van der Waals surface area contributed by atoms with E-state index in [2.05, 4.69) is 9.55 Å². The molecule has 2 aromatic carbocycles. The topological polar surface area (TPSA) is 34.9 Å². The van der Waals surface area contributed by atoms with Crippen LogP contribution in [-0.2, 0) is 7.05 Å². The van der Waals surface area contributed by atoms with Crippen molar-refractivity contribution in [3.63, 3.8) is 0 Å². The van der Waals surface area contributed by atoms with Crippen LogP contribution in [0, 0.1) is 0 Å². The lowest BCUT2D eigenvalue weighted by molar-refractivity contribution is 0.112. The third-order valence-electron chi connectivity index (χ3n) is 3.29. The number of para-hydroxylation sites is 2. The standard InChI is InChI=1S/C17H14N2O/c1-19-16-8-3-2-7-15(16)18-17(19)10-9-13-5-4-6-14(11-13)12-20/h2-12H,1H3/b10-9+. The van der Waals surface area contributed by atoms with Crippen molar-refractivity contribution in [3.05, 3.63) is 65.5 Å². The van der Waals surface area contributed by atoms with Crippen LogP contribution in [0.4, 0.5) is 0 Å². The molecule has 3 nitrogen and oxygen atoms in total. The molecule has 0 bridgehead atoms. The van der Waals surface area contributed by atoms with Gasteiger partial charge in [-0.2, -0.15) is 0 Å². The second-order valence-corrected chi connectivity index (χ2v) is 4.64. The van der Waals surface area contributed by atoms with Gasteiger partial charge < -0.3 is 4.57 Å². The minimum atomic E-state index is 0.678. The van der Waals surface area contributed by atoms with Crippen LogP contribution in [0.5, 0.6) is 0 Å². The van der Waals surface area contributed by atoms with Gasteiger partial charge in [0.2, 0.25) is 0 Å². The lowest BCUT2D eigenvalue weighted by Gasteiger charge is -1.97. The quantitative estimate of drug-likeness (QED) is 0.676. The molecule has 0 saturated heterocycles. The van der Waals surface area contributed by atoms with Gasteiger partial charge in [0.1, 0.15) is 12.1 Å². The number of imidazole rings is 1. The van der Waals surface area contributed by atoms with Crippen molar-refractivity contribution in [1.29, 1.82) is 0 Å². The zero-order chi connectivity index (χ0) is 13.9. The lowest BCUT2D eigenvalue weighted by Crippen LogP contribution is -1.90. The molecule has 0 spiro atoms. The Bertz CT molecular complexity index is 800. The minimum Gasteiger partial charge on any atom is -0.328 e. The minimum absolute atomic E-state index is 0.678. The predicted octanol–water partition coefficient (Wildman–Crippen LogP) is 3.56. The van der Waals surface area contributed by atoms with E-state index in [1.165, 1.54) is 0 Å². The number of aromatic nitrogens is 2. The number of aryl methyl sites for hydroxylation is 1. The largest absolute Gasteiger partial charge is 0.328 e. The molecule has 0 N–H and O–H groups in total. The summed E-state index contributed by atoms with van der Waals surface area (Å²) in [7, 11) is 2.00. The van der Waals surface area contributed by atoms with E-state index in [4.69, 9.17) is 0 Å². The molecule has 0 unspecified atom stereocenters. The van der Waals surface area contributed by atoms with Crippen molar-refractivity contribution in [2.75, 3.05) is 0 Å². The number of benzene rings is 2. The molecule has 0 atom stereocenters. The molecule has 1 heterocycles. The molecule has 0 fully saturated rings. The second-order valence-electron chi connectivity index (χ2n) is 4.64. The van der Waals surface area contributed by atoms with E-state index in [1.807, 2.05) is 61.7 Å². The van der Waals surface area contributed by atoms with Gasteiger partial charge in [0.15, 0.2) is 0 Å². The van der Waals surface area contributed by atoms with Gasteiger partial charge in [0.25, 0.3) is 0 Å². The Kier molecular flexibility index (Phi) is 3.17. The van der Waals surface area contributed by atoms with Crippen LogP contribution in [0.15, 0.2) is 48.5 Å². The average Bonchev–Trinajstić information content (AvgIpc) is 2.82. The van der Waals surface area contributed by atoms with Gasteiger partial charge in [0.05, 0.1) is 11.0 Å². The van der Waals surface area contributed by atoms with E-state index in [1.54, 1.807) is 6.07 Å². The third kappa shape index (κ3) is 2.26. The molecule has 0 aliphatic heterocycles. The number of aldehydes is 1. The Morgan fingerprint density at radius 1 is 1.00 bits per heavy atom. The first-order chi connectivity index (χ1) is 9.78. The fraction of sp³-hybridized carbons (Fsp3) is 0.0588. The Morgan fingerprint density at radius 3 is 2.60 bits per heavy atom. The summed E-state index contributed by atoms with van der Waals surface area (Å²) in [6, 6.07) is 15.5. The first-order valence-corrected chi connectivity index (χ1v) is 6.43. The van der Waals surface area contributed by atoms with Gasteiger partial charge in [-0.3, -0.25) is 4.79 Å². The van der Waals surface area contributed by atoms with Crippen LogP contribution < -0.4 is 0 Å². The predicted molar refractivity (Wildman–Crippen MR) is 81.5 cm³/mol. The van der Waals surface area contributed by atoms with Crippen molar-refractivity contribution >= 4 is 29.5 Å². The highest BCUT2D eigenvalue weighted by molar-refractivity contribution is 5.81. The maximum absolute atomic E-state index is 10.8. The molecule has 3 rings (SSSR count). The van der Waals surface area contributed by atoms with Crippen LogP contribution in [-0.4, -0.2) is 15.8 Å². The summed E-state index contributed by atoms with van der Waals surface area (Å²) < 4.78 is 2.05. The number of hydrogen-bond acceptors (Lipinski definition) is 2. The Balaban J connectivity index is 1.97. The van der Waals surface area contributed by atoms with Gasteiger partial charge in [-0.05, 0) is 29.8 Å². The molecule has 0 aliphatic rings. The maximum atomic E-state index is 10.8. The lowest BCUT2D eigenvalue weighted by atomic mass is 10.1. The molecule has 20 heavy (non-hydrogen) atoms. The molecule has 0 radical (unpaired) electrons. The first-order valence-electron chi connectivity index (χ1n) is 6.43. The molecule has 98 valence electrons. The van der Waals surface area contributed by atoms with E-state index in [0.29, 0.717) is 5.56 Å². The summed E-state index contributed by atoms with van der Waals surface area (Å²) in [6.45, 7) is 0. The third-order valence-corrected chi connectivity index (χ3v) is 3.29. The van der Waals surface area contributed by atoms with Gasteiger partial charge in [-0.15, -0.1) is 0 Å². The highest BCUT2D eigenvalue weighted by Gasteiger charge is 2.03. The molecule has 1 aromatic heterocycles. The Hall–Kier alpha value is -2.68. The fourth-order valence-electron chi connectivity index (χ4n) is 2.22. The summed E-state index contributed by atoms with van der Waals surface area (Å²) in [5.74, 6) is 0.891.